The molecule has 22 heavy (non-hydrogen) atoms. The maximum Gasteiger partial charge on any atom is 0.366 e. The Morgan fingerprint density at radius 3 is 2.27 bits per heavy atom. The number of hydrogen-bond donors (Lipinski definition) is 0. The third-order valence-corrected chi connectivity index (χ3v) is 5.57. The number of Topliss-reactive ketones (excluding diaryl/α,β-unsaturated/α-hetero) is 1. The largest absolute Gasteiger partial charge is 0.497 e. The van der Waals surface area contributed by atoms with Gasteiger partial charge in [0, 0.05) is 6.42 Å². The number of hydrogen-bond acceptors (Lipinski definition) is 6. The Bertz CT molecular complexity index is 546. The number of carbonyl (C=O) groups excluding carboxylic acids is 1. The predicted octanol–water partition coefficient (Wildman–Crippen LogP) is 3.32. The molecule has 6 nitrogen and oxygen atoms in total. The van der Waals surface area contributed by atoms with Crippen molar-refractivity contribution in [3.05, 3.63) is 29.8 Å². The van der Waals surface area contributed by atoms with Crippen LogP contribution in [-0.4, -0.2) is 32.0 Å². The summed E-state index contributed by atoms with van der Waals surface area (Å²) in [5.41, 5.74) is 0.830. The van der Waals surface area contributed by atoms with Crippen LogP contribution < -0.4 is 4.74 Å². The molecule has 0 bridgehead atoms. The van der Waals surface area contributed by atoms with Crippen molar-refractivity contribution in [3.8, 4) is 5.75 Å². The number of ether oxygens (including phenoxy) is 2. The normalized spacial score (nSPS) is 22.0. The van der Waals surface area contributed by atoms with Gasteiger partial charge in [0.1, 0.15) is 5.75 Å². The molecule has 0 amide bonds. The van der Waals surface area contributed by atoms with E-state index in [1.807, 2.05) is 12.1 Å². The molecule has 1 saturated heterocycles. The molecule has 1 heterocycles. The molecule has 0 spiro atoms. The van der Waals surface area contributed by atoms with E-state index >= 15 is 0 Å². The third-order valence-electron chi connectivity index (χ3n) is 3.35. The zero-order valence-electron chi connectivity index (χ0n) is 13.0. The van der Waals surface area contributed by atoms with Crippen LogP contribution in [0.5, 0.6) is 5.75 Å². The lowest BCUT2D eigenvalue weighted by Crippen LogP contribution is -2.19. The Kier molecular flexibility index (Phi) is 5.75. The van der Waals surface area contributed by atoms with Gasteiger partial charge < -0.3 is 18.5 Å². The van der Waals surface area contributed by atoms with E-state index in [9.17, 15) is 9.36 Å². The molecule has 1 fully saturated rings. The van der Waals surface area contributed by atoms with Crippen LogP contribution in [0.4, 0.5) is 0 Å². The van der Waals surface area contributed by atoms with Gasteiger partial charge in [-0.2, -0.15) is 0 Å². The van der Waals surface area contributed by atoms with Gasteiger partial charge in [-0.05, 0) is 31.5 Å². The molecule has 1 aromatic rings. The number of rotatable bonds is 7. The van der Waals surface area contributed by atoms with Crippen LogP contribution in [0, 0.1) is 0 Å². The predicted molar refractivity (Wildman–Crippen MR) is 81.1 cm³/mol. The smallest absolute Gasteiger partial charge is 0.366 e. The number of carbonyl (C=O) groups is 1. The van der Waals surface area contributed by atoms with Gasteiger partial charge in [-0.3, -0.25) is 9.36 Å². The summed E-state index contributed by atoms with van der Waals surface area (Å²) in [7, 11) is -2.01. The molecule has 2 rings (SSSR count). The molecule has 1 aliphatic rings. The van der Waals surface area contributed by atoms with E-state index in [-0.39, 0.29) is 25.4 Å². The van der Waals surface area contributed by atoms with E-state index in [4.69, 9.17) is 18.5 Å². The summed E-state index contributed by atoms with van der Waals surface area (Å²) in [6, 6.07) is 7.24. The summed E-state index contributed by atoms with van der Waals surface area (Å²) >= 11 is 0. The molecule has 0 aromatic heterocycles. The minimum Gasteiger partial charge on any atom is -0.497 e. The van der Waals surface area contributed by atoms with Gasteiger partial charge in [-0.25, -0.2) is 0 Å². The molecule has 1 aliphatic heterocycles. The van der Waals surface area contributed by atoms with Gasteiger partial charge >= 0.3 is 7.60 Å². The minimum atomic E-state index is -3.59. The van der Waals surface area contributed by atoms with E-state index in [2.05, 4.69) is 0 Å². The second-order valence-corrected chi connectivity index (χ2v) is 6.86. The molecule has 7 heteroatoms. The van der Waals surface area contributed by atoms with Gasteiger partial charge in [0.2, 0.25) is 5.85 Å². The summed E-state index contributed by atoms with van der Waals surface area (Å²) < 4.78 is 33.9. The first-order valence-electron chi connectivity index (χ1n) is 7.25. The lowest BCUT2D eigenvalue weighted by atomic mass is 10.1. The van der Waals surface area contributed by atoms with Crippen LogP contribution in [0.25, 0.3) is 0 Å². The molecular weight excluding hydrogens is 307 g/mol. The van der Waals surface area contributed by atoms with Crippen molar-refractivity contribution in [1.29, 1.82) is 0 Å². The maximum absolute atomic E-state index is 12.7. The summed E-state index contributed by atoms with van der Waals surface area (Å²) in [5, 5.41) is 0. The second-order valence-electron chi connectivity index (χ2n) is 4.80. The highest BCUT2D eigenvalue weighted by atomic mass is 31.2. The van der Waals surface area contributed by atoms with E-state index in [0.29, 0.717) is 0 Å². The first-order valence-corrected chi connectivity index (χ1v) is 8.86. The third kappa shape index (κ3) is 3.58. The Hall–Kier alpha value is -1.20. The number of benzene rings is 1. The van der Waals surface area contributed by atoms with Crippen molar-refractivity contribution < 1.29 is 27.9 Å². The SMILES string of the molecule is CCOP(=O)(OCC)C1OC(c2ccc(OC)cc2)CC1=O. The highest BCUT2D eigenvalue weighted by Gasteiger charge is 2.48. The van der Waals surface area contributed by atoms with E-state index in [0.717, 1.165) is 11.3 Å². The summed E-state index contributed by atoms with van der Waals surface area (Å²) in [6.45, 7) is 3.79. The summed E-state index contributed by atoms with van der Waals surface area (Å²) in [4.78, 5) is 12.2. The zero-order chi connectivity index (χ0) is 16.2. The van der Waals surface area contributed by atoms with Crippen LogP contribution >= 0.6 is 7.60 Å². The van der Waals surface area contributed by atoms with Crippen LogP contribution in [-0.2, 0) is 23.1 Å². The highest BCUT2D eigenvalue weighted by Crippen LogP contribution is 2.57. The lowest BCUT2D eigenvalue weighted by Gasteiger charge is -2.22. The van der Waals surface area contributed by atoms with E-state index in [1.165, 1.54) is 0 Å². The molecular formula is C15H21O6P. The van der Waals surface area contributed by atoms with E-state index in [1.54, 1.807) is 33.1 Å². The van der Waals surface area contributed by atoms with Gasteiger partial charge in [0.15, 0.2) is 5.78 Å². The van der Waals surface area contributed by atoms with Crippen molar-refractivity contribution in [2.45, 2.75) is 32.2 Å². The Morgan fingerprint density at radius 1 is 1.18 bits per heavy atom. The Morgan fingerprint density at radius 2 is 1.77 bits per heavy atom. The summed E-state index contributed by atoms with van der Waals surface area (Å²) in [6.07, 6.45) is -0.293. The first-order chi connectivity index (χ1) is 10.5. The standard InChI is InChI=1S/C15H21O6P/c1-4-19-22(17,20-5-2)15-13(16)10-14(21-15)11-6-8-12(18-3)9-7-11/h6-9,14-15H,4-5,10H2,1-3H3. The van der Waals surface area contributed by atoms with Crippen molar-refractivity contribution >= 4 is 13.4 Å². The van der Waals surface area contributed by atoms with Gasteiger partial charge in [-0.15, -0.1) is 0 Å². The van der Waals surface area contributed by atoms with E-state index < -0.39 is 19.5 Å². The maximum atomic E-state index is 12.7. The molecule has 1 aromatic carbocycles. The fourth-order valence-corrected chi connectivity index (χ4v) is 4.18. The summed E-state index contributed by atoms with van der Waals surface area (Å²) in [5.74, 6) is -0.690. The quantitative estimate of drug-likeness (QED) is 0.715. The van der Waals surface area contributed by atoms with Crippen LogP contribution in [0.15, 0.2) is 24.3 Å². The topological polar surface area (TPSA) is 71.1 Å². The van der Waals surface area contributed by atoms with Crippen LogP contribution in [0.3, 0.4) is 0 Å². The molecule has 0 saturated carbocycles. The zero-order valence-corrected chi connectivity index (χ0v) is 13.9. The fraction of sp³-hybridized carbons (Fsp3) is 0.533. The monoisotopic (exact) mass is 328 g/mol. The number of ketones is 1. The van der Waals surface area contributed by atoms with Crippen molar-refractivity contribution in [2.24, 2.45) is 0 Å². The molecule has 0 radical (unpaired) electrons. The number of methoxy groups -OCH3 is 1. The van der Waals surface area contributed by atoms with Crippen molar-refractivity contribution in [1.82, 2.24) is 0 Å². The molecule has 2 atom stereocenters. The van der Waals surface area contributed by atoms with Gasteiger partial charge in [0.05, 0.1) is 26.4 Å². The molecule has 0 aliphatic carbocycles. The molecule has 122 valence electrons. The van der Waals surface area contributed by atoms with Crippen molar-refractivity contribution in [3.63, 3.8) is 0 Å². The molecule has 0 N–H and O–H groups in total. The van der Waals surface area contributed by atoms with Crippen molar-refractivity contribution in [2.75, 3.05) is 20.3 Å². The average molecular weight is 328 g/mol. The van der Waals surface area contributed by atoms with Crippen LogP contribution in [0.2, 0.25) is 0 Å². The average Bonchev–Trinajstić information content (AvgIpc) is 2.90. The lowest BCUT2D eigenvalue weighted by molar-refractivity contribution is -0.120. The Balaban J connectivity index is 2.16. The fourth-order valence-electron chi connectivity index (χ4n) is 2.36. The van der Waals surface area contributed by atoms with Crippen LogP contribution in [0.1, 0.15) is 31.9 Å². The molecule has 2 unspecified atom stereocenters. The Labute approximate surface area is 130 Å². The highest BCUT2D eigenvalue weighted by molar-refractivity contribution is 7.55. The van der Waals surface area contributed by atoms with Gasteiger partial charge in [-0.1, -0.05) is 12.1 Å². The minimum absolute atomic E-state index is 0.154. The van der Waals surface area contributed by atoms with Gasteiger partial charge in [0.25, 0.3) is 0 Å². The first kappa shape index (κ1) is 17.2. The second kappa shape index (κ2) is 7.38.